The highest BCUT2D eigenvalue weighted by molar-refractivity contribution is 14.0. The van der Waals surface area contributed by atoms with Gasteiger partial charge >= 0.3 is 0 Å². The third-order valence-corrected chi connectivity index (χ3v) is 3.61. The summed E-state index contributed by atoms with van der Waals surface area (Å²) in [7, 11) is 1.60. The minimum atomic E-state index is -0.119. The molecule has 1 aromatic rings. The Morgan fingerprint density at radius 2 is 1.84 bits per heavy atom. The van der Waals surface area contributed by atoms with E-state index in [2.05, 4.69) is 46.9 Å². The fourth-order valence-electron chi connectivity index (χ4n) is 2.14. The van der Waals surface area contributed by atoms with Crippen LogP contribution in [0.2, 0.25) is 0 Å². The van der Waals surface area contributed by atoms with Crippen molar-refractivity contribution in [1.29, 1.82) is 0 Å². The van der Waals surface area contributed by atoms with Gasteiger partial charge in [0, 0.05) is 32.2 Å². The fraction of sp³-hybridized carbons (Fsp3) is 0.556. The summed E-state index contributed by atoms with van der Waals surface area (Å²) in [6.45, 7) is 8.89. The van der Waals surface area contributed by atoms with Gasteiger partial charge in [-0.15, -0.1) is 24.0 Å². The van der Waals surface area contributed by atoms with E-state index in [1.807, 2.05) is 25.1 Å². The van der Waals surface area contributed by atoms with Gasteiger partial charge in [-0.1, -0.05) is 44.2 Å². The zero-order valence-electron chi connectivity index (χ0n) is 15.6. The van der Waals surface area contributed by atoms with Gasteiger partial charge in [0.2, 0.25) is 5.91 Å². The topological polar surface area (TPSA) is 74.8 Å². The normalized spacial score (nSPS) is 11.4. The van der Waals surface area contributed by atoms with Crippen LogP contribution < -0.4 is 16.0 Å². The molecule has 6 nitrogen and oxygen atoms in total. The molecule has 0 radical (unpaired) electrons. The number of nitrogens with one attached hydrogen (secondary N) is 3. The van der Waals surface area contributed by atoms with Crippen molar-refractivity contribution in [3.63, 3.8) is 0 Å². The van der Waals surface area contributed by atoms with E-state index in [0.29, 0.717) is 25.7 Å². The molecule has 0 aliphatic carbocycles. The fourth-order valence-corrected chi connectivity index (χ4v) is 2.14. The maximum Gasteiger partial charge on any atom is 0.241 e. The molecule has 142 valence electrons. The molecule has 0 aliphatic heterocycles. The van der Waals surface area contributed by atoms with Crippen LogP contribution in [0.1, 0.15) is 26.3 Å². The number of benzene rings is 1. The average molecular weight is 462 g/mol. The van der Waals surface area contributed by atoms with Gasteiger partial charge in [0.25, 0.3) is 0 Å². The van der Waals surface area contributed by atoms with Gasteiger partial charge in [-0.3, -0.25) is 4.79 Å². The number of methoxy groups -OCH3 is 1. The zero-order valence-corrected chi connectivity index (χ0v) is 17.9. The summed E-state index contributed by atoms with van der Waals surface area (Å²) in [5, 5.41) is 9.23. The predicted octanol–water partition coefficient (Wildman–Crippen LogP) is 1.90. The van der Waals surface area contributed by atoms with E-state index >= 15 is 0 Å². The monoisotopic (exact) mass is 462 g/mol. The van der Waals surface area contributed by atoms with E-state index in [1.54, 1.807) is 7.11 Å². The Bertz CT molecular complexity index is 521. The summed E-state index contributed by atoms with van der Waals surface area (Å²) in [6, 6.07) is 10.3. The Kier molecular flexibility index (Phi) is 12.2. The first-order chi connectivity index (χ1) is 11.5. The smallest absolute Gasteiger partial charge is 0.241 e. The number of amides is 1. The first-order valence-electron chi connectivity index (χ1n) is 8.33. The molecule has 0 aromatic heterocycles. The second-order valence-electron chi connectivity index (χ2n) is 6.14. The highest BCUT2D eigenvalue weighted by Crippen LogP contribution is 2.21. The van der Waals surface area contributed by atoms with Crippen LogP contribution in [0.25, 0.3) is 0 Å². The van der Waals surface area contributed by atoms with Crippen LogP contribution >= 0.6 is 24.0 Å². The second kappa shape index (κ2) is 12.9. The first-order valence-corrected chi connectivity index (χ1v) is 8.33. The number of carbonyl (C=O) groups excluding carboxylic acids is 1. The van der Waals surface area contributed by atoms with Crippen LogP contribution in [0, 0.1) is 0 Å². The Hall–Kier alpha value is -1.35. The van der Waals surface area contributed by atoms with Gasteiger partial charge in [0.1, 0.15) is 6.54 Å². The molecule has 0 saturated carbocycles. The van der Waals surface area contributed by atoms with Gasteiger partial charge in [-0.05, 0) is 12.5 Å². The number of aliphatic imine (C=N–C) groups is 1. The Morgan fingerprint density at radius 3 is 2.44 bits per heavy atom. The Balaban J connectivity index is 0.00000576. The van der Waals surface area contributed by atoms with Crippen LogP contribution in [0.5, 0.6) is 0 Å². The van der Waals surface area contributed by atoms with Gasteiger partial charge in [-0.25, -0.2) is 4.99 Å². The molecule has 7 heteroatoms. The predicted molar refractivity (Wildman–Crippen MR) is 114 cm³/mol. The van der Waals surface area contributed by atoms with Crippen LogP contribution in [0.3, 0.4) is 0 Å². The van der Waals surface area contributed by atoms with Gasteiger partial charge in [0.05, 0.1) is 6.61 Å². The lowest BCUT2D eigenvalue weighted by Gasteiger charge is -2.26. The van der Waals surface area contributed by atoms with Gasteiger partial charge in [-0.2, -0.15) is 0 Å². The SMILES string of the molecule is CCNC(=NCC(=O)NCCOC)NCC(C)(C)c1ccccc1.I. The van der Waals surface area contributed by atoms with Crippen LogP contribution in [0.15, 0.2) is 35.3 Å². The lowest BCUT2D eigenvalue weighted by Crippen LogP contribution is -2.44. The first kappa shape index (κ1) is 23.6. The molecular weight excluding hydrogens is 431 g/mol. The number of hydrogen-bond donors (Lipinski definition) is 3. The molecular formula is C18H31IN4O2. The molecule has 0 unspecified atom stereocenters. The van der Waals surface area contributed by atoms with E-state index in [4.69, 9.17) is 4.74 Å². The molecule has 25 heavy (non-hydrogen) atoms. The molecule has 1 rings (SSSR count). The van der Waals surface area contributed by atoms with E-state index in [0.717, 1.165) is 6.54 Å². The highest BCUT2D eigenvalue weighted by atomic mass is 127. The summed E-state index contributed by atoms with van der Waals surface area (Å²) in [6.07, 6.45) is 0. The van der Waals surface area contributed by atoms with Crippen molar-refractivity contribution in [1.82, 2.24) is 16.0 Å². The molecule has 0 saturated heterocycles. The summed E-state index contributed by atoms with van der Waals surface area (Å²) < 4.78 is 4.90. The van der Waals surface area contributed by atoms with E-state index in [1.165, 1.54) is 5.56 Å². The van der Waals surface area contributed by atoms with Crippen molar-refractivity contribution in [2.45, 2.75) is 26.2 Å². The van der Waals surface area contributed by atoms with Crippen molar-refractivity contribution in [2.24, 2.45) is 4.99 Å². The number of rotatable bonds is 9. The number of ether oxygens (including phenoxy) is 1. The molecule has 0 aliphatic rings. The van der Waals surface area contributed by atoms with E-state index in [-0.39, 0.29) is 41.8 Å². The van der Waals surface area contributed by atoms with Crippen LogP contribution in [0.4, 0.5) is 0 Å². The van der Waals surface area contributed by atoms with Crippen molar-refractivity contribution in [2.75, 3.05) is 39.9 Å². The van der Waals surface area contributed by atoms with Crippen molar-refractivity contribution < 1.29 is 9.53 Å². The maximum atomic E-state index is 11.7. The lowest BCUT2D eigenvalue weighted by atomic mass is 9.85. The summed E-state index contributed by atoms with van der Waals surface area (Å²) >= 11 is 0. The third kappa shape index (κ3) is 9.64. The highest BCUT2D eigenvalue weighted by Gasteiger charge is 2.20. The van der Waals surface area contributed by atoms with Gasteiger partial charge in [0.15, 0.2) is 5.96 Å². The molecule has 0 spiro atoms. The minimum absolute atomic E-state index is 0. The molecule has 0 heterocycles. The standard InChI is InChI=1S/C18H30N4O2.HI/c1-5-19-17(21-13-16(23)20-11-12-24-4)22-14-18(2,3)15-9-7-6-8-10-15;/h6-10H,5,11-14H2,1-4H3,(H,20,23)(H2,19,21,22);1H. The summed E-state index contributed by atoms with van der Waals surface area (Å²) in [5.41, 5.74) is 1.21. The number of hydrogen-bond acceptors (Lipinski definition) is 3. The van der Waals surface area contributed by atoms with Crippen LogP contribution in [-0.2, 0) is 14.9 Å². The summed E-state index contributed by atoms with van der Waals surface area (Å²) in [5.74, 6) is 0.523. The van der Waals surface area contributed by atoms with Gasteiger partial charge < -0.3 is 20.7 Å². The number of carbonyl (C=O) groups is 1. The minimum Gasteiger partial charge on any atom is -0.383 e. The van der Waals surface area contributed by atoms with Crippen molar-refractivity contribution >= 4 is 35.8 Å². The molecule has 0 fully saturated rings. The quantitative estimate of drug-likeness (QED) is 0.227. The molecule has 0 bridgehead atoms. The third-order valence-electron chi connectivity index (χ3n) is 3.61. The largest absolute Gasteiger partial charge is 0.383 e. The molecule has 0 atom stereocenters. The number of halogens is 1. The number of guanidine groups is 1. The zero-order chi connectivity index (χ0) is 17.8. The second-order valence-corrected chi connectivity index (χ2v) is 6.14. The Morgan fingerprint density at radius 1 is 1.16 bits per heavy atom. The van der Waals surface area contributed by atoms with Crippen LogP contribution in [-0.4, -0.2) is 51.8 Å². The molecule has 3 N–H and O–H groups in total. The molecule has 1 amide bonds. The van der Waals surface area contributed by atoms with Crippen molar-refractivity contribution in [3.8, 4) is 0 Å². The molecule has 1 aromatic carbocycles. The Labute approximate surface area is 168 Å². The van der Waals surface area contributed by atoms with E-state index in [9.17, 15) is 4.79 Å². The maximum absolute atomic E-state index is 11.7. The van der Waals surface area contributed by atoms with E-state index < -0.39 is 0 Å². The van der Waals surface area contributed by atoms with Crippen molar-refractivity contribution in [3.05, 3.63) is 35.9 Å². The average Bonchev–Trinajstić information content (AvgIpc) is 2.58. The lowest BCUT2D eigenvalue weighted by molar-refractivity contribution is -0.119. The summed E-state index contributed by atoms with van der Waals surface area (Å²) in [4.78, 5) is 16.1. The number of nitrogens with zero attached hydrogens (tertiary/aromatic N) is 1.